The molecule has 1 saturated heterocycles. The van der Waals surface area contributed by atoms with Crippen LogP contribution in [0.2, 0.25) is 0 Å². The summed E-state index contributed by atoms with van der Waals surface area (Å²) < 4.78 is 7.42. The van der Waals surface area contributed by atoms with Gasteiger partial charge in [0.1, 0.15) is 0 Å². The molecule has 0 aliphatic carbocycles. The van der Waals surface area contributed by atoms with Crippen molar-refractivity contribution in [3.63, 3.8) is 0 Å². The maximum Gasteiger partial charge on any atom is 0.0933 e. The first-order valence-corrected chi connectivity index (χ1v) is 5.79. The van der Waals surface area contributed by atoms with Crippen LogP contribution in [0.15, 0.2) is 12.3 Å². The van der Waals surface area contributed by atoms with E-state index in [2.05, 4.69) is 16.9 Å². The molecule has 1 unspecified atom stereocenters. The van der Waals surface area contributed by atoms with Crippen LogP contribution in [0.5, 0.6) is 0 Å². The van der Waals surface area contributed by atoms with E-state index < -0.39 is 0 Å². The maximum absolute atomic E-state index is 9.07. The fourth-order valence-corrected chi connectivity index (χ4v) is 2.04. The topological polar surface area (TPSA) is 50.5 Å². The minimum atomic E-state index is -0.0354. The second kappa shape index (κ2) is 5.43. The number of rotatable bonds is 4. The second-order valence-corrected chi connectivity index (χ2v) is 4.05. The molecule has 0 spiro atoms. The minimum Gasteiger partial charge on any atom is -0.394 e. The highest BCUT2D eigenvalue weighted by Crippen LogP contribution is 2.10. The normalized spacial score (nSPS) is 22.5. The molecule has 90 valence electrons. The first-order valence-electron chi connectivity index (χ1n) is 5.79. The standard InChI is InChI=1S/C11H19N3O2/c1-2-14-10(3-4-12-14)7-13-5-6-16-11(8-13)9-15/h3-4,11,15H,2,5-9H2,1H3. The number of hydrogen-bond donors (Lipinski definition) is 1. The van der Waals surface area contributed by atoms with Gasteiger partial charge < -0.3 is 9.84 Å². The zero-order chi connectivity index (χ0) is 11.4. The van der Waals surface area contributed by atoms with Gasteiger partial charge in [0.2, 0.25) is 0 Å². The highest BCUT2D eigenvalue weighted by molar-refractivity contribution is 5.00. The van der Waals surface area contributed by atoms with E-state index in [9.17, 15) is 0 Å². The molecule has 1 aromatic heterocycles. The number of aliphatic hydroxyl groups excluding tert-OH is 1. The van der Waals surface area contributed by atoms with Gasteiger partial charge in [-0.15, -0.1) is 0 Å². The van der Waals surface area contributed by atoms with Gasteiger partial charge in [0.05, 0.1) is 25.0 Å². The molecule has 0 bridgehead atoms. The van der Waals surface area contributed by atoms with Gasteiger partial charge in [-0.3, -0.25) is 9.58 Å². The fraction of sp³-hybridized carbons (Fsp3) is 0.727. The number of ether oxygens (including phenoxy) is 1. The molecule has 1 aliphatic heterocycles. The van der Waals surface area contributed by atoms with Crippen molar-refractivity contribution in [2.24, 2.45) is 0 Å². The van der Waals surface area contributed by atoms with E-state index in [0.29, 0.717) is 6.61 Å². The first-order chi connectivity index (χ1) is 7.83. The molecular weight excluding hydrogens is 206 g/mol. The number of aliphatic hydroxyl groups is 1. The Kier molecular flexibility index (Phi) is 3.93. The van der Waals surface area contributed by atoms with Crippen LogP contribution in [-0.2, 0) is 17.8 Å². The molecule has 1 aromatic rings. The molecule has 0 amide bonds. The van der Waals surface area contributed by atoms with Crippen LogP contribution in [0.25, 0.3) is 0 Å². The van der Waals surface area contributed by atoms with Gasteiger partial charge in [0, 0.05) is 32.4 Å². The molecule has 5 heteroatoms. The molecular formula is C11H19N3O2. The molecule has 16 heavy (non-hydrogen) atoms. The van der Waals surface area contributed by atoms with Gasteiger partial charge in [0.25, 0.3) is 0 Å². The zero-order valence-corrected chi connectivity index (χ0v) is 9.67. The molecule has 1 atom stereocenters. The number of aromatic nitrogens is 2. The van der Waals surface area contributed by atoms with Crippen LogP contribution in [0.1, 0.15) is 12.6 Å². The van der Waals surface area contributed by atoms with Crippen molar-refractivity contribution in [3.05, 3.63) is 18.0 Å². The van der Waals surface area contributed by atoms with Gasteiger partial charge in [-0.25, -0.2) is 0 Å². The average Bonchev–Trinajstić information content (AvgIpc) is 2.76. The smallest absolute Gasteiger partial charge is 0.0933 e. The lowest BCUT2D eigenvalue weighted by molar-refractivity contribution is -0.0556. The molecule has 0 radical (unpaired) electrons. The third-order valence-electron chi connectivity index (χ3n) is 2.92. The highest BCUT2D eigenvalue weighted by Gasteiger charge is 2.20. The summed E-state index contributed by atoms with van der Waals surface area (Å²) >= 11 is 0. The van der Waals surface area contributed by atoms with Crippen molar-refractivity contribution in [1.82, 2.24) is 14.7 Å². The molecule has 1 N–H and O–H groups in total. The van der Waals surface area contributed by atoms with Crippen molar-refractivity contribution >= 4 is 0 Å². The van der Waals surface area contributed by atoms with Crippen molar-refractivity contribution in [2.45, 2.75) is 26.1 Å². The minimum absolute atomic E-state index is 0.0354. The van der Waals surface area contributed by atoms with Crippen LogP contribution >= 0.6 is 0 Å². The van der Waals surface area contributed by atoms with Crippen molar-refractivity contribution < 1.29 is 9.84 Å². The predicted octanol–water partition coefficient (Wildman–Crippen LogP) is 0.0961. The van der Waals surface area contributed by atoms with Crippen LogP contribution in [0.3, 0.4) is 0 Å². The summed E-state index contributed by atoms with van der Waals surface area (Å²) in [5.74, 6) is 0. The Labute approximate surface area is 95.6 Å². The van der Waals surface area contributed by atoms with Crippen molar-refractivity contribution in [3.8, 4) is 0 Å². The lowest BCUT2D eigenvalue weighted by Gasteiger charge is -2.31. The number of morpholine rings is 1. The summed E-state index contributed by atoms with van der Waals surface area (Å²) in [5.41, 5.74) is 1.22. The Balaban J connectivity index is 1.93. The Morgan fingerprint density at radius 1 is 1.62 bits per heavy atom. The Hall–Kier alpha value is -0.910. The summed E-state index contributed by atoms with van der Waals surface area (Å²) in [6.45, 7) is 6.39. The average molecular weight is 225 g/mol. The van der Waals surface area contributed by atoms with Crippen LogP contribution in [0, 0.1) is 0 Å². The van der Waals surface area contributed by atoms with Gasteiger partial charge in [-0.2, -0.15) is 5.10 Å². The van der Waals surface area contributed by atoms with Crippen LogP contribution < -0.4 is 0 Å². The molecule has 0 saturated carbocycles. The zero-order valence-electron chi connectivity index (χ0n) is 9.67. The van der Waals surface area contributed by atoms with E-state index in [1.165, 1.54) is 5.69 Å². The SMILES string of the molecule is CCn1nccc1CN1CCOC(CO)C1. The highest BCUT2D eigenvalue weighted by atomic mass is 16.5. The Morgan fingerprint density at radius 3 is 3.25 bits per heavy atom. The maximum atomic E-state index is 9.07. The van der Waals surface area contributed by atoms with Gasteiger partial charge in [-0.1, -0.05) is 0 Å². The third-order valence-corrected chi connectivity index (χ3v) is 2.92. The molecule has 0 aromatic carbocycles. The lowest BCUT2D eigenvalue weighted by atomic mass is 10.2. The number of nitrogens with zero attached hydrogens (tertiary/aromatic N) is 3. The summed E-state index contributed by atoms with van der Waals surface area (Å²) in [6, 6.07) is 2.05. The Bertz CT molecular complexity index is 327. The van der Waals surface area contributed by atoms with E-state index in [-0.39, 0.29) is 12.7 Å². The number of hydrogen-bond acceptors (Lipinski definition) is 4. The first kappa shape index (κ1) is 11.6. The van der Waals surface area contributed by atoms with Crippen molar-refractivity contribution in [2.75, 3.05) is 26.3 Å². The summed E-state index contributed by atoms with van der Waals surface area (Å²) in [6.07, 6.45) is 1.80. The second-order valence-electron chi connectivity index (χ2n) is 4.05. The van der Waals surface area contributed by atoms with E-state index in [1.807, 2.05) is 16.9 Å². The quantitative estimate of drug-likeness (QED) is 0.789. The van der Waals surface area contributed by atoms with E-state index in [4.69, 9.17) is 9.84 Å². The summed E-state index contributed by atoms with van der Waals surface area (Å²) in [7, 11) is 0. The van der Waals surface area contributed by atoms with Crippen molar-refractivity contribution in [1.29, 1.82) is 0 Å². The van der Waals surface area contributed by atoms with Gasteiger partial charge in [0.15, 0.2) is 0 Å². The van der Waals surface area contributed by atoms with E-state index >= 15 is 0 Å². The monoisotopic (exact) mass is 225 g/mol. The van der Waals surface area contributed by atoms with E-state index in [1.54, 1.807) is 0 Å². The van der Waals surface area contributed by atoms with E-state index in [0.717, 1.165) is 26.2 Å². The summed E-state index contributed by atoms with van der Waals surface area (Å²) in [5, 5.41) is 13.3. The molecule has 1 aliphatic rings. The molecule has 2 rings (SSSR count). The van der Waals surface area contributed by atoms with Crippen LogP contribution in [-0.4, -0.2) is 52.2 Å². The lowest BCUT2D eigenvalue weighted by Crippen LogP contribution is -2.43. The van der Waals surface area contributed by atoms with Gasteiger partial charge in [-0.05, 0) is 13.0 Å². The fourth-order valence-electron chi connectivity index (χ4n) is 2.04. The molecule has 5 nitrogen and oxygen atoms in total. The van der Waals surface area contributed by atoms with Crippen LogP contribution in [0.4, 0.5) is 0 Å². The predicted molar refractivity (Wildman–Crippen MR) is 60.0 cm³/mol. The number of aryl methyl sites for hydroxylation is 1. The molecule has 2 heterocycles. The third kappa shape index (κ3) is 2.61. The molecule has 1 fully saturated rings. The largest absolute Gasteiger partial charge is 0.394 e. The Morgan fingerprint density at radius 2 is 2.50 bits per heavy atom. The summed E-state index contributed by atoms with van der Waals surface area (Å²) in [4.78, 5) is 2.30. The van der Waals surface area contributed by atoms with Gasteiger partial charge >= 0.3 is 0 Å².